The molecule has 1 aromatic carbocycles. The maximum absolute atomic E-state index is 14.0. The van der Waals surface area contributed by atoms with E-state index in [1.165, 1.54) is 37.3 Å². The number of methoxy groups -OCH3 is 1. The smallest absolute Gasteiger partial charge is 0.432 e. The number of esters is 2. The molecule has 0 radical (unpaired) electrons. The Hall–Kier alpha value is -2.65. The molecule has 1 aromatic rings. The number of hydrogen-bond acceptors (Lipinski definition) is 6. The van der Waals surface area contributed by atoms with E-state index in [9.17, 15) is 22.8 Å². The van der Waals surface area contributed by atoms with Crippen molar-refractivity contribution in [3.8, 4) is 0 Å². The highest BCUT2D eigenvalue weighted by atomic mass is 19.4. The zero-order valence-electron chi connectivity index (χ0n) is 16.6. The van der Waals surface area contributed by atoms with E-state index in [0.29, 0.717) is 0 Å². The van der Waals surface area contributed by atoms with E-state index in [1.54, 1.807) is 6.08 Å². The molecule has 0 unspecified atom stereocenters. The Labute approximate surface area is 172 Å². The van der Waals surface area contributed by atoms with E-state index in [4.69, 9.17) is 18.9 Å². The molecule has 0 amide bonds. The second-order valence-corrected chi connectivity index (χ2v) is 6.53. The third-order valence-electron chi connectivity index (χ3n) is 4.56. The molecular weight excluding hydrogens is 405 g/mol. The topological polar surface area (TPSA) is 71.1 Å². The predicted molar refractivity (Wildman–Crippen MR) is 100 cm³/mol. The fourth-order valence-electron chi connectivity index (χ4n) is 3.13. The van der Waals surface area contributed by atoms with Crippen LogP contribution in [-0.2, 0) is 34.1 Å². The average molecular weight is 428 g/mol. The van der Waals surface area contributed by atoms with Crippen LogP contribution < -0.4 is 0 Å². The average Bonchev–Trinajstić information content (AvgIpc) is 3.07. The highest BCUT2D eigenvalue weighted by Gasteiger charge is 2.64. The minimum atomic E-state index is -5.06. The SMILES string of the molecule is C=C[C@H]1O[C@@H](/C=C/COC(C)=O)C[C@@H]1OC(=O)[C@@](OC)(c1ccccc1)C(F)(F)F. The van der Waals surface area contributed by atoms with Crippen molar-refractivity contribution in [2.24, 2.45) is 0 Å². The van der Waals surface area contributed by atoms with Gasteiger partial charge in [-0.05, 0) is 6.08 Å². The molecule has 164 valence electrons. The molecule has 0 bridgehead atoms. The first-order chi connectivity index (χ1) is 14.2. The van der Waals surface area contributed by atoms with E-state index < -0.39 is 47.6 Å². The number of rotatable bonds is 8. The molecule has 30 heavy (non-hydrogen) atoms. The summed E-state index contributed by atoms with van der Waals surface area (Å²) in [4.78, 5) is 23.5. The van der Waals surface area contributed by atoms with E-state index in [1.807, 2.05) is 0 Å². The van der Waals surface area contributed by atoms with Crippen molar-refractivity contribution in [2.75, 3.05) is 13.7 Å². The summed E-state index contributed by atoms with van der Waals surface area (Å²) >= 11 is 0. The summed E-state index contributed by atoms with van der Waals surface area (Å²) in [5.41, 5.74) is -3.67. The quantitative estimate of drug-likeness (QED) is 0.467. The summed E-state index contributed by atoms with van der Waals surface area (Å²) in [5.74, 6) is -2.04. The Morgan fingerprint density at radius 2 is 1.93 bits per heavy atom. The van der Waals surface area contributed by atoms with E-state index >= 15 is 0 Å². The molecule has 0 N–H and O–H groups in total. The molecule has 9 heteroatoms. The van der Waals surface area contributed by atoms with Crippen molar-refractivity contribution in [1.29, 1.82) is 0 Å². The van der Waals surface area contributed by atoms with Crippen LogP contribution in [0.25, 0.3) is 0 Å². The maximum Gasteiger partial charge on any atom is 0.432 e. The maximum atomic E-state index is 14.0. The zero-order valence-corrected chi connectivity index (χ0v) is 16.6. The summed E-state index contributed by atoms with van der Waals surface area (Å²) in [5, 5.41) is 0. The molecule has 1 heterocycles. The number of hydrogen-bond donors (Lipinski definition) is 0. The van der Waals surface area contributed by atoms with E-state index in [-0.39, 0.29) is 13.0 Å². The minimum Gasteiger partial charge on any atom is -0.462 e. The summed E-state index contributed by atoms with van der Waals surface area (Å²) < 4.78 is 62.3. The molecule has 1 fully saturated rings. The lowest BCUT2D eigenvalue weighted by molar-refractivity contribution is -0.278. The lowest BCUT2D eigenvalue weighted by Crippen LogP contribution is -2.53. The molecule has 0 saturated carbocycles. The monoisotopic (exact) mass is 428 g/mol. The molecule has 0 spiro atoms. The van der Waals surface area contributed by atoms with Gasteiger partial charge in [0, 0.05) is 26.0 Å². The van der Waals surface area contributed by atoms with Crippen LogP contribution in [0.4, 0.5) is 13.2 Å². The third kappa shape index (κ3) is 5.09. The van der Waals surface area contributed by atoms with Crippen molar-refractivity contribution < 1.29 is 41.7 Å². The summed E-state index contributed by atoms with van der Waals surface area (Å²) in [6, 6.07) is 6.56. The molecule has 0 aliphatic carbocycles. The molecule has 1 aliphatic rings. The standard InChI is InChI=1S/C21H23F3O6/c1-4-17-18(13-16(29-17)11-8-12-28-14(2)25)30-19(26)20(27-3,21(22,23)24)15-9-6-5-7-10-15/h4-11,16-18H,1,12-13H2,2-3H3/b11-8+/t16-,17+,18-,20-/m0/s1. The highest BCUT2D eigenvalue weighted by Crippen LogP contribution is 2.43. The predicted octanol–water partition coefficient (Wildman–Crippen LogP) is 3.47. The molecule has 6 nitrogen and oxygen atoms in total. The second-order valence-electron chi connectivity index (χ2n) is 6.53. The van der Waals surface area contributed by atoms with Crippen molar-refractivity contribution in [3.05, 3.63) is 60.7 Å². The van der Waals surface area contributed by atoms with Gasteiger partial charge in [0.05, 0.1) is 6.10 Å². The van der Waals surface area contributed by atoms with Gasteiger partial charge in [-0.1, -0.05) is 42.5 Å². The fraction of sp³-hybridized carbons (Fsp3) is 0.429. The molecule has 1 aliphatic heterocycles. The molecule has 1 saturated heterocycles. The van der Waals surface area contributed by atoms with Gasteiger partial charge in [-0.15, -0.1) is 6.58 Å². The summed E-state index contributed by atoms with van der Waals surface area (Å²) in [6.45, 7) is 4.86. The summed E-state index contributed by atoms with van der Waals surface area (Å²) in [6.07, 6.45) is -2.86. The van der Waals surface area contributed by atoms with Crippen LogP contribution in [0.5, 0.6) is 0 Å². The highest BCUT2D eigenvalue weighted by molar-refractivity contribution is 5.83. The van der Waals surface area contributed by atoms with Crippen molar-refractivity contribution in [1.82, 2.24) is 0 Å². The van der Waals surface area contributed by atoms with Gasteiger partial charge >= 0.3 is 18.1 Å². The largest absolute Gasteiger partial charge is 0.462 e. The van der Waals surface area contributed by atoms with Gasteiger partial charge in [0.15, 0.2) is 0 Å². The van der Waals surface area contributed by atoms with Crippen LogP contribution in [0.1, 0.15) is 18.9 Å². The fourth-order valence-corrected chi connectivity index (χ4v) is 3.13. The Bertz CT molecular complexity index is 777. The number of benzene rings is 1. The van der Waals surface area contributed by atoms with Crippen molar-refractivity contribution in [3.63, 3.8) is 0 Å². The van der Waals surface area contributed by atoms with E-state index in [2.05, 4.69) is 6.58 Å². The Morgan fingerprint density at radius 1 is 1.27 bits per heavy atom. The summed E-state index contributed by atoms with van der Waals surface area (Å²) in [7, 11) is 0.804. The normalized spacial score (nSPS) is 23.7. The van der Waals surface area contributed by atoms with Crippen LogP contribution in [0.3, 0.4) is 0 Å². The molecule has 4 atom stereocenters. The second kappa shape index (κ2) is 9.90. The van der Waals surface area contributed by atoms with Crippen molar-refractivity contribution in [2.45, 2.75) is 43.4 Å². The Balaban J connectivity index is 2.20. The van der Waals surface area contributed by atoms with Crippen LogP contribution in [0.15, 0.2) is 55.1 Å². The lowest BCUT2D eigenvalue weighted by Gasteiger charge is -2.33. The first kappa shape index (κ1) is 23.6. The first-order valence-electron chi connectivity index (χ1n) is 9.12. The van der Waals surface area contributed by atoms with E-state index in [0.717, 1.165) is 19.2 Å². The Morgan fingerprint density at radius 3 is 2.47 bits per heavy atom. The van der Waals surface area contributed by atoms with Gasteiger partial charge in [-0.25, -0.2) is 4.79 Å². The van der Waals surface area contributed by atoms with Gasteiger partial charge in [0.25, 0.3) is 5.60 Å². The minimum absolute atomic E-state index is 0.0211. The van der Waals surface area contributed by atoms with Crippen LogP contribution in [-0.4, -0.2) is 50.1 Å². The van der Waals surface area contributed by atoms with Crippen LogP contribution in [0, 0.1) is 0 Å². The molecule has 0 aromatic heterocycles. The third-order valence-corrected chi connectivity index (χ3v) is 4.56. The Kier molecular flexibility index (Phi) is 7.80. The van der Waals surface area contributed by atoms with Crippen LogP contribution >= 0.6 is 0 Å². The number of halogens is 3. The number of alkyl halides is 3. The van der Waals surface area contributed by atoms with Crippen molar-refractivity contribution >= 4 is 11.9 Å². The number of carbonyl (C=O) groups is 2. The molecule has 2 rings (SSSR count). The zero-order chi connectivity index (χ0) is 22.4. The molecular formula is C21H23F3O6. The number of ether oxygens (including phenoxy) is 4. The number of carbonyl (C=O) groups excluding carboxylic acids is 2. The van der Waals surface area contributed by atoms with Gasteiger partial charge < -0.3 is 18.9 Å². The first-order valence-corrected chi connectivity index (χ1v) is 9.12. The lowest BCUT2D eigenvalue weighted by atomic mass is 9.92. The van der Waals surface area contributed by atoms with Crippen LogP contribution in [0.2, 0.25) is 0 Å². The van der Waals surface area contributed by atoms with Gasteiger partial charge in [-0.3, -0.25) is 4.79 Å². The van der Waals surface area contributed by atoms with Gasteiger partial charge in [-0.2, -0.15) is 13.2 Å². The van der Waals surface area contributed by atoms with Gasteiger partial charge in [0.1, 0.15) is 18.8 Å². The van der Waals surface area contributed by atoms with Gasteiger partial charge in [0.2, 0.25) is 0 Å².